The summed E-state index contributed by atoms with van der Waals surface area (Å²) >= 11 is 0. The summed E-state index contributed by atoms with van der Waals surface area (Å²) in [6.45, 7) is 5.99. The maximum absolute atomic E-state index is 13.0. The van der Waals surface area contributed by atoms with Crippen LogP contribution in [0, 0.1) is 12.3 Å². The topological polar surface area (TPSA) is 92.0 Å². The Morgan fingerprint density at radius 1 is 1.04 bits per heavy atom. The molecule has 0 fully saturated rings. The number of ether oxygens (including phenoxy) is 1. The van der Waals surface area contributed by atoms with Crippen molar-refractivity contribution >= 4 is 5.78 Å². The first-order valence-electron chi connectivity index (χ1n) is 8.62. The Hall–Kier alpha value is -2.89. The Morgan fingerprint density at radius 2 is 1.73 bits per heavy atom. The van der Waals surface area contributed by atoms with Crippen LogP contribution >= 0.6 is 0 Å². The lowest BCUT2D eigenvalue weighted by molar-refractivity contribution is -0.118. The minimum atomic E-state index is -0.623. The summed E-state index contributed by atoms with van der Waals surface area (Å²) in [5, 5.41) is 0. The van der Waals surface area contributed by atoms with Crippen LogP contribution in [-0.4, -0.2) is 15.8 Å². The average molecular weight is 352 g/mol. The van der Waals surface area contributed by atoms with Gasteiger partial charge < -0.3 is 4.74 Å². The number of allylic oxidation sites excluding steroid dienone is 2. The molecule has 1 aromatic carbocycles. The number of nitrogens with one attached hydrogen (secondary N) is 2. The van der Waals surface area contributed by atoms with Gasteiger partial charge in [0.05, 0.1) is 11.5 Å². The van der Waals surface area contributed by atoms with E-state index < -0.39 is 17.2 Å². The SMILES string of the molecule is Cc1ccc(C2C3=C(CC(C)(C)CC3=O)Oc3[nH]c(=O)[nH]c(=O)c32)cc1. The molecule has 0 spiro atoms. The number of H-pyrrole nitrogens is 2. The van der Waals surface area contributed by atoms with E-state index in [1.165, 1.54) is 0 Å². The molecule has 26 heavy (non-hydrogen) atoms. The van der Waals surface area contributed by atoms with Crippen molar-refractivity contribution in [3.63, 3.8) is 0 Å². The number of fused-ring (bicyclic) bond motifs is 1. The third-order valence-corrected chi connectivity index (χ3v) is 5.04. The monoisotopic (exact) mass is 352 g/mol. The summed E-state index contributed by atoms with van der Waals surface area (Å²) in [7, 11) is 0. The molecule has 1 aliphatic heterocycles. The molecule has 4 rings (SSSR count). The van der Waals surface area contributed by atoms with Crippen molar-refractivity contribution < 1.29 is 9.53 Å². The van der Waals surface area contributed by atoms with Crippen molar-refractivity contribution in [1.29, 1.82) is 0 Å². The minimum absolute atomic E-state index is 0.0157. The van der Waals surface area contributed by atoms with Gasteiger partial charge in [0.15, 0.2) is 5.78 Å². The van der Waals surface area contributed by atoms with Gasteiger partial charge in [-0.2, -0.15) is 0 Å². The number of carbonyl (C=O) groups is 1. The van der Waals surface area contributed by atoms with E-state index in [1.54, 1.807) is 0 Å². The van der Waals surface area contributed by atoms with Gasteiger partial charge in [-0.25, -0.2) is 4.79 Å². The largest absolute Gasteiger partial charge is 0.444 e. The molecule has 2 heterocycles. The van der Waals surface area contributed by atoms with Crippen molar-refractivity contribution in [2.24, 2.45) is 5.41 Å². The molecule has 6 nitrogen and oxygen atoms in total. The zero-order chi connectivity index (χ0) is 18.6. The van der Waals surface area contributed by atoms with E-state index in [0.717, 1.165) is 11.1 Å². The second kappa shape index (κ2) is 5.56. The highest BCUT2D eigenvalue weighted by Gasteiger charge is 2.43. The molecule has 1 unspecified atom stereocenters. The second-order valence-corrected chi connectivity index (χ2v) is 7.87. The quantitative estimate of drug-likeness (QED) is 0.825. The van der Waals surface area contributed by atoms with Crippen molar-refractivity contribution in [2.75, 3.05) is 0 Å². The number of aryl methyl sites for hydroxylation is 1. The highest BCUT2D eigenvalue weighted by Crippen LogP contribution is 2.48. The second-order valence-electron chi connectivity index (χ2n) is 7.87. The molecule has 2 N–H and O–H groups in total. The number of benzene rings is 1. The van der Waals surface area contributed by atoms with Crippen molar-refractivity contribution in [3.8, 4) is 5.88 Å². The Bertz CT molecular complexity index is 1050. The van der Waals surface area contributed by atoms with Crippen LogP contribution in [0.25, 0.3) is 0 Å². The smallest absolute Gasteiger partial charge is 0.328 e. The van der Waals surface area contributed by atoms with Gasteiger partial charge in [0.1, 0.15) is 5.76 Å². The molecule has 1 aliphatic carbocycles. The predicted octanol–water partition coefficient (Wildman–Crippen LogP) is 2.54. The Balaban J connectivity index is 2.00. The van der Waals surface area contributed by atoms with Crippen LogP contribution in [0.4, 0.5) is 0 Å². The summed E-state index contributed by atoms with van der Waals surface area (Å²) in [6, 6.07) is 7.72. The van der Waals surface area contributed by atoms with E-state index in [1.807, 2.05) is 45.0 Å². The molecule has 1 atom stereocenters. The maximum atomic E-state index is 13.0. The number of rotatable bonds is 1. The van der Waals surface area contributed by atoms with Gasteiger partial charge in [-0.05, 0) is 17.9 Å². The number of aromatic nitrogens is 2. The molecular weight excluding hydrogens is 332 g/mol. The Labute approximate surface area is 149 Å². The standard InChI is InChI=1S/C20H20N2O4/c1-10-4-6-11(7-5-10)14-15-12(23)8-20(2,3)9-13(15)26-18-16(14)17(24)21-19(25)22-18/h4-7,14H,8-9H2,1-3H3,(H2,21,22,24,25). The highest BCUT2D eigenvalue weighted by atomic mass is 16.5. The van der Waals surface area contributed by atoms with Gasteiger partial charge in [0.2, 0.25) is 5.88 Å². The molecule has 1 aromatic heterocycles. The van der Waals surface area contributed by atoms with Gasteiger partial charge in [-0.15, -0.1) is 0 Å². The molecule has 0 bridgehead atoms. The lowest BCUT2D eigenvalue weighted by atomic mass is 9.70. The Morgan fingerprint density at radius 3 is 2.42 bits per heavy atom. The first-order chi connectivity index (χ1) is 12.2. The minimum Gasteiger partial charge on any atom is -0.444 e. The van der Waals surface area contributed by atoms with Crippen molar-refractivity contribution in [1.82, 2.24) is 9.97 Å². The van der Waals surface area contributed by atoms with Crippen LogP contribution in [0.1, 0.15) is 49.3 Å². The maximum Gasteiger partial charge on any atom is 0.328 e. The van der Waals surface area contributed by atoms with E-state index >= 15 is 0 Å². The fraction of sp³-hybridized carbons (Fsp3) is 0.350. The van der Waals surface area contributed by atoms with Crippen molar-refractivity contribution in [3.05, 3.63) is 73.1 Å². The van der Waals surface area contributed by atoms with E-state index in [9.17, 15) is 14.4 Å². The van der Waals surface area contributed by atoms with Crippen LogP contribution in [0.2, 0.25) is 0 Å². The first-order valence-corrected chi connectivity index (χ1v) is 8.62. The van der Waals surface area contributed by atoms with Crippen molar-refractivity contribution in [2.45, 2.75) is 39.5 Å². The number of hydrogen-bond donors (Lipinski definition) is 2. The summed E-state index contributed by atoms with van der Waals surface area (Å²) in [6.07, 6.45) is 0.971. The molecular formula is C20H20N2O4. The molecule has 134 valence electrons. The van der Waals surface area contributed by atoms with Crippen LogP contribution in [-0.2, 0) is 4.79 Å². The van der Waals surface area contributed by atoms with Gasteiger partial charge in [0.25, 0.3) is 5.56 Å². The molecule has 0 saturated heterocycles. The zero-order valence-electron chi connectivity index (χ0n) is 14.9. The molecule has 2 aliphatic rings. The number of Topliss-reactive ketones (excluding diaryl/α,β-unsaturated/α-hetero) is 1. The number of hydrogen-bond acceptors (Lipinski definition) is 4. The summed E-state index contributed by atoms with van der Waals surface area (Å²) in [5.74, 6) is 0.121. The van der Waals surface area contributed by atoms with E-state index in [2.05, 4.69) is 9.97 Å². The van der Waals surface area contributed by atoms with Crippen LogP contribution in [0.5, 0.6) is 5.88 Å². The van der Waals surface area contributed by atoms with Gasteiger partial charge >= 0.3 is 5.69 Å². The summed E-state index contributed by atoms with van der Waals surface area (Å²) < 4.78 is 5.86. The van der Waals surface area contributed by atoms with Crippen LogP contribution in [0.15, 0.2) is 45.2 Å². The summed E-state index contributed by atoms with van der Waals surface area (Å²) in [5.41, 5.74) is 1.34. The summed E-state index contributed by atoms with van der Waals surface area (Å²) in [4.78, 5) is 42.1. The zero-order valence-corrected chi connectivity index (χ0v) is 14.9. The molecule has 0 radical (unpaired) electrons. The number of ketones is 1. The molecule has 2 aromatic rings. The normalized spacial score (nSPS) is 21.0. The van der Waals surface area contributed by atoms with E-state index in [4.69, 9.17) is 4.74 Å². The molecule has 0 amide bonds. The highest BCUT2D eigenvalue weighted by molar-refractivity contribution is 6.00. The lowest BCUT2D eigenvalue weighted by Gasteiger charge is -2.37. The lowest BCUT2D eigenvalue weighted by Crippen LogP contribution is -2.37. The first kappa shape index (κ1) is 16.6. The van der Waals surface area contributed by atoms with Gasteiger partial charge in [-0.3, -0.25) is 19.6 Å². The third-order valence-electron chi connectivity index (χ3n) is 5.04. The fourth-order valence-electron chi connectivity index (χ4n) is 3.87. The average Bonchev–Trinajstić information content (AvgIpc) is 2.52. The number of aromatic amines is 2. The molecule has 0 saturated carbocycles. The van der Waals surface area contributed by atoms with Crippen LogP contribution < -0.4 is 16.0 Å². The van der Waals surface area contributed by atoms with E-state index in [0.29, 0.717) is 24.2 Å². The molecule has 6 heteroatoms. The fourth-order valence-corrected chi connectivity index (χ4v) is 3.87. The predicted molar refractivity (Wildman–Crippen MR) is 96.4 cm³/mol. The Kier molecular flexibility index (Phi) is 3.54. The number of carbonyl (C=O) groups excluding carboxylic acids is 1. The van der Waals surface area contributed by atoms with Gasteiger partial charge in [0, 0.05) is 18.4 Å². The van der Waals surface area contributed by atoms with Crippen LogP contribution in [0.3, 0.4) is 0 Å². The van der Waals surface area contributed by atoms with Gasteiger partial charge in [-0.1, -0.05) is 43.7 Å². The third kappa shape index (κ3) is 2.62. The van der Waals surface area contributed by atoms with E-state index in [-0.39, 0.29) is 22.6 Å².